The number of pyridine rings is 1. The molecule has 0 unspecified atom stereocenters. The second-order valence-electron chi connectivity index (χ2n) is 7.92. The molecule has 1 saturated heterocycles. The zero-order chi connectivity index (χ0) is 24.3. The molecule has 35 heavy (non-hydrogen) atoms. The molecule has 1 aliphatic rings. The van der Waals surface area contributed by atoms with Crippen LogP contribution in [0.3, 0.4) is 0 Å². The molecule has 178 valence electrons. The summed E-state index contributed by atoms with van der Waals surface area (Å²) in [5.41, 5.74) is 4.40. The lowest BCUT2D eigenvalue weighted by Gasteiger charge is -2.30. The highest BCUT2D eigenvalue weighted by atomic mass is 32.2. The van der Waals surface area contributed by atoms with E-state index in [4.69, 9.17) is 9.72 Å². The van der Waals surface area contributed by atoms with Gasteiger partial charge in [-0.15, -0.1) is 0 Å². The minimum Gasteiger partial charge on any atom is -0.378 e. The Bertz CT molecular complexity index is 1490. The van der Waals surface area contributed by atoms with Crippen molar-refractivity contribution in [1.29, 1.82) is 0 Å². The number of nitrogens with zero attached hydrogens (tertiary/aromatic N) is 4. The molecule has 0 spiro atoms. The fraction of sp³-hybridized carbons (Fsp3) is 0.160. The summed E-state index contributed by atoms with van der Waals surface area (Å²) in [5.74, 6) is 0.453. The van der Waals surface area contributed by atoms with E-state index < -0.39 is 10.0 Å². The zero-order valence-electron chi connectivity index (χ0n) is 18.9. The number of hydrogen-bond acceptors (Lipinski definition) is 8. The molecule has 5 rings (SSSR count). The van der Waals surface area contributed by atoms with Gasteiger partial charge in [0.05, 0.1) is 41.5 Å². The highest BCUT2D eigenvalue weighted by molar-refractivity contribution is 7.95. The van der Waals surface area contributed by atoms with Gasteiger partial charge in [-0.05, 0) is 24.3 Å². The van der Waals surface area contributed by atoms with Crippen LogP contribution in [0.1, 0.15) is 0 Å². The van der Waals surface area contributed by atoms with Crippen molar-refractivity contribution in [2.24, 2.45) is 0 Å². The predicted octanol–water partition coefficient (Wildman–Crippen LogP) is 4.16. The van der Waals surface area contributed by atoms with Crippen LogP contribution in [0.2, 0.25) is 0 Å². The Morgan fingerprint density at radius 1 is 1.03 bits per heavy atom. The first kappa shape index (κ1) is 22.8. The highest BCUT2D eigenvalue weighted by Crippen LogP contribution is 2.31. The van der Waals surface area contributed by atoms with Crippen molar-refractivity contribution in [2.75, 3.05) is 41.2 Å². The number of rotatable bonds is 7. The number of benzene rings is 2. The SMILES string of the molecule is C=CS(=O)(=O)Nc1ccnc(-c2cccc3cnc(Nc4ccccc4N4CCOCC4)nc23)c1. The molecule has 2 N–H and O–H groups in total. The summed E-state index contributed by atoms with van der Waals surface area (Å²) in [6.45, 7) is 6.36. The Balaban J connectivity index is 1.50. The Hall–Kier alpha value is -4.02. The van der Waals surface area contributed by atoms with E-state index in [9.17, 15) is 8.42 Å². The maximum Gasteiger partial charge on any atom is 0.254 e. The molecule has 0 radical (unpaired) electrons. The van der Waals surface area contributed by atoms with Gasteiger partial charge in [-0.25, -0.2) is 18.4 Å². The molecule has 2 aromatic heterocycles. The number of sulfonamides is 1. The summed E-state index contributed by atoms with van der Waals surface area (Å²) in [7, 11) is -3.63. The molecule has 1 fully saturated rings. The molecule has 0 saturated carbocycles. The molecule has 1 aliphatic heterocycles. The van der Waals surface area contributed by atoms with E-state index in [2.05, 4.69) is 37.6 Å². The van der Waals surface area contributed by atoms with Crippen molar-refractivity contribution in [3.8, 4) is 11.3 Å². The van der Waals surface area contributed by atoms with Crippen LogP contribution in [0.5, 0.6) is 0 Å². The third kappa shape index (κ3) is 5.08. The van der Waals surface area contributed by atoms with Crippen molar-refractivity contribution < 1.29 is 13.2 Å². The lowest BCUT2D eigenvalue weighted by Crippen LogP contribution is -2.36. The molecule has 0 amide bonds. The Morgan fingerprint density at radius 2 is 1.86 bits per heavy atom. The molecule has 2 aromatic carbocycles. The molecule has 4 aromatic rings. The van der Waals surface area contributed by atoms with Crippen molar-refractivity contribution in [1.82, 2.24) is 15.0 Å². The van der Waals surface area contributed by atoms with Gasteiger partial charge >= 0.3 is 0 Å². The standard InChI is InChI=1S/C25H24N6O3S/c1-2-35(32,33)30-19-10-11-26-22(16-19)20-7-5-6-18-17-27-25(29-24(18)20)28-21-8-3-4-9-23(21)31-12-14-34-15-13-31/h2-11,16-17H,1,12-15H2,(H,26,30)(H,27,28,29). The largest absolute Gasteiger partial charge is 0.378 e. The fourth-order valence-corrected chi connectivity index (χ4v) is 4.49. The van der Waals surface area contributed by atoms with Gasteiger partial charge in [0.1, 0.15) is 0 Å². The molecule has 3 heterocycles. The number of para-hydroxylation sites is 3. The zero-order valence-corrected chi connectivity index (χ0v) is 19.7. The first-order chi connectivity index (χ1) is 17.0. The molecule has 0 atom stereocenters. The van der Waals surface area contributed by atoms with Gasteiger partial charge in [-0.2, -0.15) is 0 Å². The number of anilines is 4. The smallest absolute Gasteiger partial charge is 0.254 e. The van der Waals surface area contributed by atoms with Gasteiger partial charge in [-0.1, -0.05) is 36.9 Å². The van der Waals surface area contributed by atoms with Crippen LogP contribution < -0.4 is 14.9 Å². The van der Waals surface area contributed by atoms with Crippen molar-refractivity contribution >= 4 is 43.9 Å². The van der Waals surface area contributed by atoms with E-state index in [1.807, 2.05) is 36.4 Å². The van der Waals surface area contributed by atoms with Crippen LogP contribution in [0.4, 0.5) is 23.0 Å². The number of ether oxygens (including phenoxy) is 1. The van der Waals surface area contributed by atoms with Crippen molar-refractivity contribution in [3.63, 3.8) is 0 Å². The molecule has 0 bridgehead atoms. The minimum atomic E-state index is -3.63. The Labute approximate surface area is 203 Å². The number of hydrogen-bond donors (Lipinski definition) is 2. The van der Waals surface area contributed by atoms with Crippen molar-refractivity contribution in [3.05, 3.63) is 79.0 Å². The number of morpholine rings is 1. The topological polar surface area (TPSA) is 109 Å². The van der Waals surface area contributed by atoms with Gasteiger partial charge in [0, 0.05) is 41.8 Å². The van der Waals surface area contributed by atoms with E-state index in [1.54, 1.807) is 24.5 Å². The van der Waals surface area contributed by atoms with Gasteiger partial charge in [0.15, 0.2) is 0 Å². The number of nitrogens with one attached hydrogen (secondary N) is 2. The highest BCUT2D eigenvalue weighted by Gasteiger charge is 2.16. The van der Waals surface area contributed by atoms with Gasteiger partial charge < -0.3 is 15.0 Å². The van der Waals surface area contributed by atoms with Crippen LogP contribution >= 0.6 is 0 Å². The van der Waals surface area contributed by atoms with E-state index >= 15 is 0 Å². The average molecular weight is 489 g/mol. The summed E-state index contributed by atoms with van der Waals surface area (Å²) < 4.78 is 31.8. The predicted molar refractivity (Wildman–Crippen MR) is 138 cm³/mol. The van der Waals surface area contributed by atoms with E-state index in [0.717, 1.165) is 40.8 Å². The second-order valence-corrected chi connectivity index (χ2v) is 9.55. The summed E-state index contributed by atoms with van der Waals surface area (Å²) >= 11 is 0. The first-order valence-corrected chi connectivity index (χ1v) is 12.6. The van der Waals surface area contributed by atoms with Crippen LogP contribution in [0, 0.1) is 0 Å². The Kier molecular flexibility index (Phi) is 6.30. The van der Waals surface area contributed by atoms with Crippen LogP contribution in [-0.2, 0) is 14.8 Å². The first-order valence-electron chi connectivity index (χ1n) is 11.1. The normalized spacial score (nSPS) is 14.0. The quantitative estimate of drug-likeness (QED) is 0.399. The lowest BCUT2D eigenvalue weighted by atomic mass is 10.1. The molecule has 9 nitrogen and oxygen atoms in total. The molecule has 0 aliphatic carbocycles. The maximum atomic E-state index is 11.9. The van der Waals surface area contributed by atoms with Crippen LogP contribution in [0.25, 0.3) is 22.2 Å². The number of aromatic nitrogens is 3. The van der Waals surface area contributed by atoms with Crippen LogP contribution in [0.15, 0.2) is 79.0 Å². The number of fused-ring (bicyclic) bond motifs is 1. The van der Waals surface area contributed by atoms with Crippen molar-refractivity contribution in [2.45, 2.75) is 0 Å². The fourth-order valence-electron chi connectivity index (χ4n) is 3.95. The van der Waals surface area contributed by atoms with E-state index in [1.165, 1.54) is 0 Å². The third-order valence-corrected chi connectivity index (χ3v) is 6.59. The third-order valence-electron chi connectivity index (χ3n) is 5.63. The second kappa shape index (κ2) is 9.69. The average Bonchev–Trinajstić information content (AvgIpc) is 2.89. The van der Waals surface area contributed by atoms with Gasteiger partial charge in [0.25, 0.3) is 10.0 Å². The molecular weight excluding hydrogens is 464 g/mol. The lowest BCUT2D eigenvalue weighted by molar-refractivity contribution is 0.123. The van der Waals surface area contributed by atoms with Crippen LogP contribution in [-0.4, -0.2) is 49.7 Å². The summed E-state index contributed by atoms with van der Waals surface area (Å²) in [4.78, 5) is 16.0. The molecule has 10 heteroatoms. The monoisotopic (exact) mass is 488 g/mol. The Morgan fingerprint density at radius 3 is 2.69 bits per heavy atom. The van der Waals surface area contributed by atoms with Gasteiger partial charge in [-0.3, -0.25) is 9.71 Å². The maximum absolute atomic E-state index is 11.9. The van der Waals surface area contributed by atoms with E-state index in [-0.39, 0.29) is 0 Å². The summed E-state index contributed by atoms with van der Waals surface area (Å²) in [5, 5.41) is 5.07. The van der Waals surface area contributed by atoms with E-state index in [0.29, 0.717) is 36.1 Å². The van der Waals surface area contributed by atoms with Gasteiger partial charge in [0.2, 0.25) is 5.95 Å². The summed E-state index contributed by atoms with van der Waals surface area (Å²) in [6.07, 6.45) is 3.31. The molecular formula is C25H24N6O3S. The summed E-state index contributed by atoms with van der Waals surface area (Å²) in [6, 6.07) is 17.0. The minimum absolute atomic E-state index is 0.388.